The Balaban J connectivity index is 4.38. The Morgan fingerprint density at radius 3 is 2.45 bits per heavy atom. The number of hydrogen-bond donors (Lipinski definition) is 1. The Kier molecular flexibility index (Phi) is 3.02. The minimum atomic E-state index is -0.767. The van der Waals surface area contributed by atoms with Gasteiger partial charge in [0.2, 0.25) is 5.91 Å². The molecule has 0 unspecified atom stereocenters. The van der Waals surface area contributed by atoms with E-state index in [0.717, 1.165) is 0 Å². The quantitative estimate of drug-likeness (QED) is 0.595. The maximum atomic E-state index is 11.0. The Labute approximate surface area is 66.6 Å². The highest BCUT2D eigenvalue weighted by atomic mass is 16.2. The smallest absolute Gasteiger partial charge is 0.237 e. The van der Waals surface area contributed by atoms with Gasteiger partial charge in [0.15, 0.2) is 0 Å². The first-order valence-corrected chi connectivity index (χ1v) is 3.33. The molecule has 11 heavy (non-hydrogen) atoms. The molecule has 0 aliphatic heterocycles. The number of nitrogens with zero attached hydrogens (tertiary/aromatic N) is 2. The zero-order chi connectivity index (χ0) is 9.07. The lowest BCUT2D eigenvalue weighted by molar-refractivity contribution is -0.131. The van der Waals surface area contributed by atoms with Gasteiger partial charge in [0.1, 0.15) is 5.54 Å². The molecule has 2 N–H and O–H groups in total. The molecule has 0 saturated carbocycles. The van der Waals surface area contributed by atoms with Gasteiger partial charge in [0.25, 0.3) is 0 Å². The van der Waals surface area contributed by atoms with Gasteiger partial charge in [-0.3, -0.25) is 4.79 Å². The van der Waals surface area contributed by atoms with Crippen LogP contribution in [0.25, 0.3) is 0 Å². The number of hydrogen-bond acceptors (Lipinski definition) is 3. The normalized spacial score (nSPS) is 10.5. The third-order valence-corrected chi connectivity index (χ3v) is 1.66. The van der Waals surface area contributed by atoms with Crippen molar-refractivity contribution in [3.8, 4) is 6.07 Å². The van der Waals surface area contributed by atoms with E-state index in [4.69, 9.17) is 11.0 Å². The first-order valence-electron chi connectivity index (χ1n) is 3.33. The van der Waals surface area contributed by atoms with Gasteiger partial charge < -0.3 is 10.6 Å². The van der Waals surface area contributed by atoms with Gasteiger partial charge in [-0.05, 0) is 13.8 Å². The average Bonchev–Trinajstić information content (AvgIpc) is 2.01. The van der Waals surface area contributed by atoms with Gasteiger partial charge in [-0.25, -0.2) is 0 Å². The van der Waals surface area contributed by atoms with E-state index in [-0.39, 0.29) is 12.5 Å². The predicted molar refractivity (Wildman–Crippen MR) is 41.5 cm³/mol. The summed E-state index contributed by atoms with van der Waals surface area (Å²) < 4.78 is 0. The summed E-state index contributed by atoms with van der Waals surface area (Å²) in [4.78, 5) is 12.3. The standard InChI is InChI=1S/C7H13N3O/c1-7(2,5-9)10(3)6(11)4-8/h4,8H2,1-3H3. The van der Waals surface area contributed by atoms with Gasteiger partial charge in [0, 0.05) is 7.05 Å². The van der Waals surface area contributed by atoms with Gasteiger partial charge in [-0.15, -0.1) is 0 Å². The lowest BCUT2D eigenvalue weighted by atomic mass is 10.1. The summed E-state index contributed by atoms with van der Waals surface area (Å²) in [6, 6.07) is 2.01. The minimum absolute atomic E-state index is 0.0540. The van der Waals surface area contributed by atoms with Crippen LogP contribution in [-0.4, -0.2) is 29.9 Å². The summed E-state index contributed by atoms with van der Waals surface area (Å²) in [6.45, 7) is 3.28. The Hall–Kier alpha value is -1.08. The number of amides is 1. The molecule has 0 heterocycles. The van der Waals surface area contributed by atoms with Gasteiger partial charge in [0.05, 0.1) is 12.6 Å². The van der Waals surface area contributed by atoms with Crippen molar-refractivity contribution in [1.29, 1.82) is 5.26 Å². The van der Waals surface area contributed by atoms with E-state index in [1.54, 1.807) is 20.9 Å². The van der Waals surface area contributed by atoms with Gasteiger partial charge in [-0.2, -0.15) is 5.26 Å². The second-order valence-electron chi connectivity index (χ2n) is 2.83. The summed E-state index contributed by atoms with van der Waals surface area (Å²) in [5.41, 5.74) is 4.36. The van der Waals surface area contributed by atoms with Crippen LogP contribution in [-0.2, 0) is 4.79 Å². The first-order chi connectivity index (χ1) is 4.95. The van der Waals surface area contributed by atoms with Crippen LogP contribution in [0, 0.1) is 11.3 Å². The number of nitriles is 1. The number of nitrogens with two attached hydrogens (primary N) is 1. The van der Waals surface area contributed by atoms with Crippen molar-refractivity contribution in [3.05, 3.63) is 0 Å². The SMILES string of the molecule is CN(C(=O)CN)C(C)(C)C#N. The second kappa shape index (κ2) is 3.35. The van der Waals surface area contributed by atoms with Crippen LogP contribution in [0.4, 0.5) is 0 Å². The van der Waals surface area contributed by atoms with Crippen LogP contribution in [0.2, 0.25) is 0 Å². The molecule has 4 heteroatoms. The van der Waals surface area contributed by atoms with Crippen molar-refractivity contribution in [2.45, 2.75) is 19.4 Å². The molecule has 0 aromatic heterocycles. The lowest BCUT2D eigenvalue weighted by Crippen LogP contribution is -2.46. The maximum absolute atomic E-state index is 11.0. The van der Waals surface area contributed by atoms with E-state index in [9.17, 15) is 4.79 Å². The zero-order valence-corrected chi connectivity index (χ0v) is 7.09. The predicted octanol–water partition coefficient (Wildman–Crippen LogP) is -0.294. The number of carbonyl (C=O) groups excluding carboxylic acids is 1. The van der Waals surface area contributed by atoms with Gasteiger partial charge in [-0.1, -0.05) is 0 Å². The molecule has 4 nitrogen and oxygen atoms in total. The molecule has 0 aromatic carbocycles. The summed E-state index contributed by atoms with van der Waals surface area (Å²) in [5, 5.41) is 8.62. The summed E-state index contributed by atoms with van der Waals surface area (Å²) in [6.07, 6.45) is 0. The van der Waals surface area contributed by atoms with Gasteiger partial charge >= 0.3 is 0 Å². The molecule has 0 aromatic rings. The summed E-state index contributed by atoms with van der Waals surface area (Å²) in [7, 11) is 1.57. The molecular weight excluding hydrogens is 142 g/mol. The summed E-state index contributed by atoms with van der Waals surface area (Å²) in [5.74, 6) is -0.225. The van der Waals surface area contributed by atoms with Crippen molar-refractivity contribution in [1.82, 2.24) is 4.90 Å². The zero-order valence-electron chi connectivity index (χ0n) is 7.09. The fourth-order valence-corrected chi connectivity index (χ4v) is 0.524. The largest absolute Gasteiger partial charge is 0.326 e. The molecule has 1 amide bonds. The number of rotatable bonds is 2. The maximum Gasteiger partial charge on any atom is 0.237 e. The van der Waals surface area contributed by atoms with Crippen LogP contribution < -0.4 is 5.73 Å². The monoisotopic (exact) mass is 155 g/mol. The van der Waals surface area contributed by atoms with Crippen molar-refractivity contribution in [2.24, 2.45) is 5.73 Å². The van der Waals surface area contributed by atoms with Crippen molar-refractivity contribution in [2.75, 3.05) is 13.6 Å². The fourth-order valence-electron chi connectivity index (χ4n) is 0.524. The van der Waals surface area contributed by atoms with Crippen LogP contribution in [0.15, 0.2) is 0 Å². The molecule has 0 saturated heterocycles. The molecular formula is C7H13N3O. The number of likely N-dealkylation sites (N-methyl/N-ethyl adjacent to an activating group) is 1. The van der Waals surface area contributed by atoms with Crippen LogP contribution >= 0.6 is 0 Å². The van der Waals surface area contributed by atoms with E-state index in [2.05, 4.69) is 0 Å². The second-order valence-corrected chi connectivity index (χ2v) is 2.83. The molecule has 62 valence electrons. The van der Waals surface area contributed by atoms with E-state index < -0.39 is 5.54 Å². The topological polar surface area (TPSA) is 70.1 Å². The lowest BCUT2D eigenvalue weighted by Gasteiger charge is -2.28. The first kappa shape index (κ1) is 9.92. The third-order valence-electron chi connectivity index (χ3n) is 1.66. The molecule has 0 atom stereocenters. The van der Waals surface area contributed by atoms with Crippen molar-refractivity contribution >= 4 is 5.91 Å². The van der Waals surface area contributed by atoms with Crippen LogP contribution in [0.5, 0.6) is 0 Å². The highest BCUT2D eigenvalue weighted by molar-refractivity contribution is 5.78. The molecule has 0 aliphatic carbocycles. The highest BCUT2D eigenvalue weighted by Crippen LogP contribution is 2.09. The minimum Gasteiger partial charge on any atom is -0.326 e. The molecule has 0 spiro atoms. The molecule has 0 fully saturated rings. The van der Waals surface area contributed by atoms with Crippen molar-refractivity contribution < 1.29 is 4.79 Å². The Bertz CT molecular complexity index is 192. The number of carbonyl (C=O) groups is 1. The Morgan fingerprint density at radius 1 is 1.73 bits per heavy atom. The highest BCUT2D eigenvalue weighted by Gasteiger charge is 2.25. The van der Waals surface area contributed by atoms with Crippen molar-refractivity contribution in [3.63, 3.8) is 0 Å². The van der Waals surface area contributed by atoms with E-state index in [1.807, 2.05) is 6.07 Å². The molecule has 0 bridgehead atoms. The molecule has 0 radical (unpaired) electrons. The van der Waals surface area contributed by atoms with E-state index in [1.165, 1.54) is 4.90 Å². The van der Waals surface area contributed by atoms with Crippen LogP contribution in [0.1, 0.15) is 13.8 Å². The third kappa shape index (κ3) is 2.20. The van der Waals surface area contributed by atoms with E-state index >= 15 is 0 Å². The average molecular weight is 155 g/mol. The van der Waals surface area contributed by atoms with Crippen LogP contribution in [0.3, 0.4) is 0 Å². The Morgan fingerprint density at radius 2 is 2.18 bits per heavy atom. The fraction of sp³-hybridized carbons (Fsp3) is 0.714. The molecule has 0 aliphatic rings. The van der Waals surface area contributed by atoms with E-state index in [0.29, 0.717) is 0 Å². The summed E-state index contributed by atoms with van der Waals surface area (Å²) >= 11 is 0. The molecule has 0 rings (SSSR count).